The van der Waals surface area contributed by atoms with E-state index in [-0.39, 0.29) is 5.60 Å². The van der Waals surface area contributed by atoms with Crippen LogP contribution in [0.1, 0.15) is 31.9 Å². The molecule has 1 fully saturated rings. The zero-order valence-electron chi connectivity index (χ0n) is 12.4. The van der Waals surface area contributed by atoms with Gasteiger partial charge in [-0.05, 0) is 38.9 Å². The third-order valence-corrected chi connectivity index (χ3v) is 3.84. The standard InChI is InChI=1S/C16H26N2O/c1-16(2,19-3)13-18-11-7-10-17-15(12-18)14-8-5-4-6-9-14/h4-6,8-9,15,17H,7,10-13H2,1-3H3. The summed E-state index contributed by atoms with van der Waals surface area (Å²) in [5.41, 5.74) is 1.30. The Morgan fingerprint density at radius 3 is 2.74 bits per heavy atom. The number of benzene rings is 1. The number of rotatable bonds is 4. The van der Waals surface area contributed by atoms with Crippen molar-refractivity contribution in [3.63, 3.8) is 0 Å². The van der Waals surface area contributed by atoms with Crippen molar-refractivity contribution in [3.8, 4) is 0 Å². The van der Waals surface area contributed by atoms with Gasteiger partial charge in [0, 0.05) is 26.2 Å². The summed E-state index contributed by atoms with van der Waals surface area (Å²) in [6.45, 7) is 8.57. The highest BCUT2D eigenvalue weighted by Gasteiger charge is 2.25. The maximum absolute atomic E-state index is 5.56. The Balaban J connectivity index is 2.03. The second-order valence-corrected chi connectivity index (χ2v) is 5.97. The van der Waals surface area contributed by atoms with Gasteiger partial charge in [-0.2, -0.15) is 0 Å². The van der Waals surface area contributed by atoms with Gasteiger partial charge in [0.05, 0.1) is 5.60 Å². The lowest BCUT2D eigenvalue weighted by Crippen LogP contribution is -2.42. The lowest BCUT2D eigenvalue weighted by atomic mass is 10.1. The van der Waals surface area contributed by atoms with Gasteiger partial charge in [-0.1, -0.05) is 30.3 Å². The Kier molecular flexibility index (Phi) is 4.97. The van der Waals surface area contributed by atoms with E-state index in [2.05, 4.69) is 54.4 Å². The second-order valence-electron chi connectivity index (χ2n) is 5.97. The molecule has 0 radical (unpaired) electrons. The number of nitrogens with one attached hydrogen (secondary N) is 1. The number of methoxy groups -OCH3 is 1. The molecule has 2 rings (SSSR count). The smallest absolute Gasteiger partial charge is 0.0749 e. The van der Waals surface area contributed by atoms with E-state index < -0.39 is 0 Å². The van der Waals surface area contributed by atoms with Crippen molar-refractivity contribution < 1.29 is 4.74 Å². The Hall–Kier alpha value is -0.900. The minimum absolute atomic E-state index is 0.0778. The summed E-state index contributed by atoms with van der Waals surface area (Å²) < 4.78 is 5.56. The Bertz CT molecular complexity index is 378. The van der Waals surface area contributed by atoms with Crippen molar-refractivity contribution in [2.75, 3.05) is 33.3 Å². The van der Waals surface area contributed by atoms with Gasteiger partial charge >= 0.3 is 0 Å². The van der Waals surface area contributed by atoms with E-state index in [0.29, 0.717) is 6.04 Å². The molecule has 0 spiro atoms. The monoisotopic (exact) mass is 262 g/mol. The molecule has 3 nitrogen and oxygen atoms in total. The maximum Gasteiger partial charge on any atom is 0.0749 e. The van der Waals surface area contributed by atoms with Crippen molar-refractivity contribution in [2.45, 2.75) is 31.9 Å². The van der Waals surface area contributed by atoms with Gasteiger partial charge in [0.1, 0.15) is 0 Å². The topological polar surface area (TPSA) is 24.5 Å². The van der Waals surface area contributed by atoms with Crippen molar-refractivity contribution in [1.82, 2.24) is 10.2 Å². The molecule has 1 atom stereocenters. The van der Waals surface area contributed by atoms with Crippen LogP contribution in [0.2, 0.25) is 0 Å². The summed E-state index contributed by atoms with van der Waals surface area (Å²) in [6, 6.07) is 11.2. The molecular weight excluding hydrogens is 236 g/mol. The Labute approximate surface area is 116 Å². The van der Waals surface area contributed by atoms with Gasteiger partial charge < -0.3 is 10.1 Å². The summed E-state index contributed by atoms with van der Waals surface area (Å²) in [7, 11) is 1.80. The summed E-state index contributed by atoms with van der Waals surface area (Å²) in [5, 5.41) is 3.65. The van der Waals surface area contributed by atoms with E-state index in [4.69, 9.17) is 4.74 Å². The average molecular weight is 262 g/mol. The molecule has 0 saturated carbocycles. The van der Waals surface area contributed by atoms with E-state index >= 15 is 0 Å². The van der Waals surface area contributed by atoms with E-state index in [9.17, 15) is 0 Å². The minimum Gasteiger partial charge on any atom is -0.377 e. The molecule has 1 aliphatic heterocycles. The third kappa shape index (κ3) is 4.30. The van der Waals surface area contributed by atoms with Gasteiger partial charge in [0.15, 0.2) is 0 Å². The highest BCUT2D eigenvalue weighted by atomic mass is 16.5. The molecule has 3 heteroatoms. The predicted molar refractivity (Wildman–Crippen MR) is 79.3 cm³/mol. The zero-order chi connectivity index (χ0) is 13.7. The molecule has 19 heavy (non-hydrogen) atoms. The molecule has 1 saturated heterocycles. The summed E-state index contributed by atoms with van der Waals surface area (Å²) >= 11 is 0. The van der Waals surface area contributed by atoms with Crippen LogP contribution in [0.25, 0.3) is 0 Å². The fraction of sp³-hybridized carbons (Fsp3) is 0.625. The molecule has 0 amide bonds. The molecule has 1 aromatic carbocycles. The molecule has 1 N–H and O–H groups in total. The highest BCUT2D eigenvalue weighted by Crippen LogP contribution is 2.19. The first kappa shape index (κ1) is 14.5. The summed E-state index contributed by atoms with van der Waals surface area (Å²) in [5.74, 6) is 0. The normalized spacial score (nSPS) is 22.2. The zero-order valence-corrected chi connectivity index (χ0v) is 12.4. The highest BCUT2D eigenvalue weighted by molar-refractivity contribution is 5.19. The molecule has 106 valence electrons. The lowest BCUT2D eigenvalue weighted by molar-refractivity contribution is -0.00779. The molecule has 1 unspecified atom stereocenters. The molecule has 1 heterocycles. The molecule has 1 aromatic rings. The number of nitrogens with zero attached hydrogens (tertiary/aromatic N) is 1. The second kappa shape index (κ2) is 6.51. The first-order valence-electron chi connectivity index (χ1n) is 7.16. The van der Waals surface area contributed by atoms with Gasteiger partial charge in [0.25, 0.3) is 0 Å². The van der Waals surface area contributed by atoms with Gasteiger partial charge in [-0.3, -0.25) is 4.90 Å². The van der Waals surface area contributed by atoms with E-state index in [1.54, 1.807) is 7.11 Å². The van der Waals surface area contributed by atoms with Crippen molar-refractivity contribution in [3.05, 3.63) is 35.9 Å². The first-order chi connectivity index (χ1) is 9.11. The van der Waals surface area contributed by atoms with Crippen LogP contribution in [0.5, 0.6) is 0 Å². The fourth-order valence-corrected chi connectivity index (χ4v) is 2.65. The first-order valence-corrected chi connectivity index (χ1v) is 7.16. The molecule has 1 aliphatic rings. The molecular formula is C16H26N2O. The molecule has 0 aromatic heterocycles. The summed E-state index contributed by atoms with van der Waals surface area (Å²) in [4.78, 5) is 2.52. The van der Waals surface area contributed by atoms with Gasteiger partial charge in [0.2, 0.25) is 0 Å². The van der Waals surface area contributed by atoms with E-state index in [1.807, 2.05) is 0 Å². The molecule has 0 aliphatic carbocycles. The van der Waals surface area contributed by atoms with Crippen molar-refractivity contribution in [2.24, 2.45) is 0 Å². The van der Waals surface area contributed by atoms with Crippen LogP contribution >= 0.6 is 0 Å². The van der Waals surface area contributed by atoms with Crippen LogP contribution in [-0.4, -0.2) is 43.8 Å². The minimum atomic E-state index is -0.0778. The van der Waals surface area contributed by atoms with E-state index in [1.165, 1.54) is 12.0 Å². The quantitative estimate of drug-likeness (QED) is 0.902. The van der Waals surface area contributed by atoms with Crippen LogP contribution in [0, 0.1) is 0 Å². The van der Waals surface area contributed by atoms with Crippen LogP contribution in [0.4, 0.5) is 0 Å². The van der Waals surface area contributed by atoms with Crippen LogP contribution in [0.3, 0.4) is 0 Å². The van der Waals surface area contributed by atoms with Gasteiger partial charge in [-0.25, -0.2) is 0 Å². The van der Waals surface area contributed by atoms with Gasteiger partial charge in [-0.15, -0.1) is 0 Å². The van der Waals surface area contributed by atoms with E-state index in [0.717, 1.165) is 26.2 Å². The number of hydrogen-bond donors (Lipinski definition) is 1. The van der Waals surface area contributed by atoms with Crippen molar-refractivity contribution in [1.29, 1.82) is 0 Å². The SMILES string of the molecule is COC(C)(C)CN1CCCNC(c2ccccc2)C1. The van der Waals surface area contributed by atoms with Crippen LogP contribution in [0.15, 0.2) is 30.3 Å². The van der Waals surface area contributed by atoms with Crippen LogP contribution in [-0.2, 0) is 4.74 Å². The Morgan fingerprint density at radius 1 is 1.32 bits per heavy atom. The number of hydrogen-bond acceptors (Lipinski definition) is 3. The van der Waals surface area contributed by atoms with Crippen LogP contribution < -0.4 is 5.32 Å². The summed E-state index contributed by atoms with van der Waals surface area (Å²) in [6.07, 6.45) is 1.20. The number of ether oxygens (including phenoxy) is 1. The third-order valence-electron chi connectivity index (χ3n) is 3.84. The van der Waals surface area contributed by atoms with Crippen molar-refractivity contribution >= 4 is 0 Å². The lowest BCUT2D eigenvalue weighted by Gasteiger charge is -2.32. The predicted octanol–water partition coefficient (Wildman–Crippen LogP) is 2.45. The molecule has 0 bridgehead atoms. The Morgan fingerprint density at radius 2 is 2.05 bits per heavy atom. The average Bonchev–Trinajstić information content (AvgIpc) is 2.65. The fourth-order valence-electron chi connectivity index (χ4n) is 2.65. The maximum atomic E-state index is 5.56. The largest absolute Gasteiger partial charge is 0.377 e.